The number of aromatic nitrogens is 1. The first kappa shape index (κ1) is 12.0. The molecule has 0 saturated carbocycles. The van der Waals surface area contributed by atoms with E-state index in [1.807, 2.05) is 18.2 Å². The van der Waals surface area contributed by atoms with Crippen molar-refractivity contribution in [2.24, 2.45) is 0 Å². The maximum Gasteiger partial charge on any atom is 0.138 e. The fraction of sp³-hybridized carbons (Fsp3) is 0.0833. The molecular formula is C12H10Cl2N2O. The van der Waals surface area contributed by atoms with E-state index in [4.69, 9.17) is 28.1 Å². The molecule has 0 amide bonds. The Kier molecular flexibility index (Phi) is 4.07. The van der Waals surface area contributed by atoms with E-state index >= 15 is 0 Å². The Morgan fingerprint density at radius 3 is 2.76 bits per heavy atom. The third-order valence-electron chi connectivity index (χ3n) is 2.14. The predicted octanol–water partition coefficient (Wildman–Crippen LogP) is 3.88. The molecule has 0 radical (unpaired) electrons. The maximum atomic E-state index is 6.03. The first-order valence-corrected chi connectivity index (χ1v) is 5.74. The highest BCUT2D eigenvalue weighted by molar-refractivity contribution is 6.32. The van der Waals surface area contributed by atoms with Gasteiger partial charge < -0.3 is 4.74 Å². The smallest absolute Gasteiger partial charge is 0.138 e. The van der Waals surface area contributed by atoms with Crippen molar-refractivity contribution in [3.05, 3.63) is 53.3 Å². The predicted molar refractivity (Wildman–Crippen MR) is 69.5 cm³/mol. The Labute approximate surface area is 109 Å². The number of ether oxygens (including phenoxy) is 1. The minimum absolute atomic E-state index is 0.383. The van der Waals surface area contributed by atoms with Gasteiger partial charge in [-0.3, -0.25) is 9.82 Å². The number of anilines is 1. The van der Waals surface area contributed by atoms with Gasteiger partial charge in [-0.1, -0.05) is 17.7 Å². The molecule has 0 unspecified atom stereocenters. The van der Waals surface area contributed by atoms with Crippen LogP contribution >= 0.6 is 23.4 Å². The van der Waals surface area contributed by atoms with Gasteiger partial charge in [0.25, 0.3) is 0 Å². The van der Waals surface area contributed by atoms with Gasteiger partial charge in [0.2, 0.25) is 0 Å². The first-order chi connectivity index (χ1) is 8.29. The summed E-state index contributed by atoms with van der Waals surface area (Å²) in [5.41, 5.74) is 1.57. The average Bonchev–Trinajstić information content (AvgIpc) is 2.38. The molecule has 1 N–H and O–H groups in total. The van der Waals surface area contributed by atoms with Gasteiger partial charge in [0.1, 0.15) is 12.4 Å². The zero-order valence-electron chi connectivity index (χ0n) is 8.86. The Bertz CT molecular complexity index is 491. The molecule has 5 heteroatoms. The number of hydrogen-bond acceptors (Lipinski definition) is 3. The van der Waals surface area contributed by atoms with Crippen molar-refractivity contribution in [2.45, 2.75) is 6.61 Å². The summed E-state index contributed by atoms with van der Waals surface area (Å²) in [6, 6.07) is 10.9. The molecular weight excluding hydrogens is 259 g/mol. The third kappa shape index (κ3) is 3.25. The molecule has 0 bridgehead atoms. The van der Waals surface area contributed by atoms with E-state index in [0.29, 0.717) is 17.4 Å². The standard InChI is InChI=1S/C12H10Cl2N2O/c13-11-7-9(16-14)4-5-12(11)17-8-10-3-1-2-6-15-10/h1-7,16H,8H2. The third-order valence-corrected chi connectivity index (χ3v) is 2.66. The number of nitrogens with zero attached hydrogens (tertiary/aromatic N) is 1. The summed E-state index contributed by atoms with van der Waals surface area (Å²) in [5, 5.41) is 0.506. The van der Waals surface area contributed by atoms with Crippen LogP contribution in [0.5, 0.6) is 5.75 Å². The van der Waals surface area contributed by atoms with E-state index in [2.05, 4.69) is 9.82 Å². The van der Waals surface area contributed by atoms with Gasteiger partial charge in [0.05, 0.1) is 16.4 Å². The normalized spacial score (nSPS) is 10.0. The summed E-state index contributed by atoms with van der Waals surface area (Å²) in [6.45, 7) is 0.383. The van der Waals surface area contributed by atoms with Crippen LogP contribution in [0.3, 0.4) is 0 Å². The van der Waals surface area contributed by atoms with Crippen LogP contribution in [0.15, 0.2) is 42.6 Å². The number of hydrogen-bond donors (Lipinski definition) is 1. The summed E-state index contributed by atoms with van der Waals surface area (Å²) in [4.78, 5) is 6.64. The van der Waals surface area contributed by atoms with Crippen LogP contribution in [0.2, 0.25) is 5.02 Å². The lowest BCUT2D eigenvalue weighted by Gasteiger charge is -2.08. The Balaban J connectivity index is 2.04. The van der Waals surface area contributed by atoms with Gasteiger partial charge in [-0.25, -0.2) is 0 Å². The number of pyridine rings is 1. The SMILES string of the molecule is ClNc1ccc(OCc2ccccn2)c(Cl)c1. The van der Waals surface area contributed by atoms with Crippen molar-refractivity contribution in [2.75, 3.05) is 4.84 Å². The molecule has 0 saturated heterocycles. The molecule has 88 valence electrons. The molecule has 0 aliphatic carbocycles. The van der Waals surface area contributed by atoms with Crippen LogP contribution in [-0.2, 0) is 6.61 Å². The second kappa shape index (κ2) is 5.75. The molecule has 2 aromatic rings. The summed E-state index contributed by atoms with van der Waals surface area (Å²) < 4.78 is 5.56. The Morgan fingerprint density at radius 2 is 2.12 bits per heavy atom. The number of benzene rings is 1. The molecule has 0 aliphatic rings. The van der Waals surface area contributed by atoms with Crippen molar-refractivity contribution in [1.29, 1.82) is 0 Å². The van der Waals surface area contributed by atoms with Crippen LogP contribution in [0.4, 0.5) is 5.69 Å². The van der Waals surface area contributed by atoms with Gasteiger partial charge in [0, 0.05) is 18.0 Å². The highest BCUT2D eigenvalue weighted by Crippen LogP contribution is 2.28. The van der Waals surface area contributed by atoms with Gasteiger partial charge in [-0.15, -0.1) is 0 Å². The summed E-state index contributed by atoms with van der Waals surface area (Å²) in [7, 11) is 0. The summed E-state index contributed by atoms with van der Waals surface area (Å²) in [6.07, 6.45) is 1.72. The Morgan fingerprint density at radius 1 is 1.24 bits per heavy atom. The van der Waals surface area contributed by atoms with Gasteiger partial charge in [-0.05, 0) is 30.3 Å². The maximum absolute atomic E-state index is 6.03. The minimum Gasteiger partial charge on any atom is -0.486 e. The van der Waals surface area contributed by atoms with Crippen molar-refractivity contribution < 1.29 is 4.74 Å². The number of nitrogens with one attached hydrogen (secondary N) is 1. The lowest BCUT2D eigenvalue weighted by atomic mass is 10.3. The summed E-state index contributed by atoms with van der Waals surface area (Å²) >= 11 is 11.5. The number of halogens is 2. The molecule has 3 nitrogen and oxygen atoms in total. The van der Waals surface area contributed by atoms with Crippen molar-refractivity contribution in [3.63, 3.8) is 0 Å². The fourth-order valence-corrected chi connectivity index (χ4v) is 1.66. The molecule has 0 atom stereocenters. The van der Waals surface area contributed by atoms with Gasteiger partial charge in [-0.2, -0.15) is 0 Å². The average molecular weight is 269 g/mol. The second-order valence-electron chi connectivity index (χ2n) is 3.35. The van der Waals surface area contributed by atoms with E-state index in [1.54, 1.807) is 24.4 Å². The topological polar surface area (TPSA) is 34.1 Å². The van der Waals surface area contributed by atoms with E-state index in [0.717, 1.165) is 11.4 Å². The molecule has 0 aliphatic heterocycles. The lowest BCUT2D eigenvalue weighted by Crippen LogP contribution is -1.98. The molecule has 0 fully saturated rings. The highest BCUT2D eigenvalue weighted by Gasteiger charge is 2.03. The first-order valence-electron chi connectivity index (χ1n) is 4.98. The van der Waals surface area contributed by atoms with Crippen LogP contribution < -0.4 is 9.57 Å². The largest absolute Gasteiger partial charge is 0.486 e. The van der Waals surface area contributed by atoms with Crippen LogP contribution in [0.25, 0.3) is 0 Å². The zero-order chi connectivity index (χ0) is 12.1. The van der Waals surface area contributed by atoms with Crippen molar-refractivity contribution in [1.82, 2.24) is 4.98 Å². The van der Waals surface area contributed by atoms with Gasteiger partial charge in [0.15, 0.2) is 0 Å². The highest BCUT2D eigenvalue weighted by atomic mass is 35.5. The molecule has 17 heavy (non-hydrogen) atoms. The fourth-order valence-electron chi connectivity index (χ4n) is 1.31. The van der Waals surface area contributed by atoms with Crippen molar-refractivity contribution in [3.8, 4) is 5.75 Å². The van der Waals surface area contributed by atoms with E-state index < -0.39 is 0 Å². The van der Waals surface area contributed by atoms with Crippen LogP contribution in [0, 0.1) is 0 Å². The molecule has 1 aromatic heterocycles. The number of rotatable bonds is 4. The van der Waals surface area contributed by atoms with Crippen LogP contribution in [-0.4, -0.2) is 4.98 Å². The van der Waals surface area contributed by atoms with E-state index in [-0.39, 0.29) is 0 Å². The molecule has 2 rings (SSSR count). The minimum atomic E-state index is 0.383. The van der Waals surface area contributed by atoms with E-state index in [9.17, 15) is 0 Å². The van der Waals surface area contributed by atoms with E-state index in [1.165, 1.54) is 0 Å². The van der Waals surface area contributed by atoms with Crippen LogP contribution in [0.1, 0.15) is 5.69 Å². The molecule has 1 heterocycles. The molecule has 0 spiro atoms. The quantitative estimate of drug-likeness (QED) is 0.855. The Hall–Kier alpha value is -1.45. The van der Waals surface area contributed by atoms with Crippen molar-refractivity contribution >= 4 is 29.1 Å². The summed E-state index contributed by atoms with van der Waals surface area (Å²) in [5.74, 6) is 0.605. The van der Waals surface area contributed by atoms with Gasteiger partial charge >= 0.3 is 0 Å². The monoisotopic (exact) mass is 268 g/mol. The second-order valence-corrected chi connectivity index (χ2v) is 3.95. The lowest BCUT2D eigenvalue weighted by molar-refractivity contribution is 0.301. The zero-order valence-corrected chi connectivity index (χ0v) is 10.4. The molecule has 1 aromatic carbocycles.